The number of aromatic nitrogens is 5. The first-order valence-electron chi connectivity index (χ1n) is 11.8. The molecule has 3 aliphatic rings. The summed E-state index contributed by atoms with van der Waals surface area (Å²) in [5.74, 6) is 0.492. The minimum absolute atomic E-state index is 0.231. The minimum Gasteiger partial charge on any atom is -0.370 e. The van der Waals surface area contributed by atoms with Gasteiger partial charge in [-0.05, 0) is 70.8 Å². The molecule has 0 bridgehead atoms. The molecule has 166 valence electrons. The second-order valence-electron chi connectivity index (χ2n) is 9.89. The van der Waals surface area contributed by atoms with Crippen LogP contribution in [0, 0.1) is 11.2 Å². The van der Waals surface area contributed by atoms with Crippen molar-refractivity contribution in [2.75, 3.05) is 18.0 Å². The highest BCUT2D eigenvalue weighted by Gasteiger charge is 2.43. The van der Waals surface area contributed by atoms with Gasteiger partial charge in [0.05, 0.1) is 11.4 Å². The Morgan fingerprint density at radius 1 is 0.879 bits per heavy atom. The average molecular weight is 441 g/mol. The highest BCUT2D eigenvalue weighted by molar-refractivity contribution is 5.71. The standard InChI is InChI=1S/C26H25FN6/c27-21-6-4-18(5-7-21)19-13-24-25-28-29-30-33(25)23-9-8-22(12-20(23)15-31(24)14-19)32-16-26(17-32)10-2-1-3-11-26/h4-9,12-14H,1-3,10-11,15-17H2. The fourth-order valence-electron chi connectivity index (χ4n) is 5.99. The van der Waals surface area contributed by atoms with Crippen molar-refractivity contribution in [3.63, 3.8) is 0 Å². The van der Waals surface area contributed by atoms with E-state index in [1.807, 2.05) is 16.8 Å². The zero-order chi connectivity index (χ0) is 22.0. The molecule has 1 aliphatic carbocycles. The van der Waals surface area contributed by atoms with E-state index in [1.54, 1.807) is 0 Å². The van der Waals surface area contributed by atoms with Crippen LogP contribution in [0.25, 0.3) is 28.3 Å². The van der Waals surface area contributed by atoms with Gasteiger partial charge in [-0.2, -0.15) is 4.68 Å². The number of fused-ring (bicyclic) bond motifs is 5. The zero-order valence-corrected chi connectivity index (χ0v) is 18.4. The summed E-state index contributed by atoms with van der Waals surface area (Å²) in [5, 5.41) is 12.6. The van der Waals surface area contributed by atoms with Crippen LogP contribution in [-0.4, -0.2) is 37.9 Å². The Bertz CT molecular complexity index is 1340. The van der Waals surface area contributed by atoms with E-state index in [0.717, 1.165) is 34.9 Å². The number of rotatable bonds is 2. The Labute approximate surface area is 191 Å². The molecule has 1 saturated heterocycles. The van der Waals surface area contributed by atoms with Gasteiger partial charge < -0.3 is 9.47 Å². The van der Waals surface area contributed by atoms with Crippen molar-refractivity contribution in [3.8, 4) is 28.3 Å². The second kappa shape index (κ2) is 7.01. The number of nitrogens with zero attached hydrogens (tertiary/aromatic N) is 6. The quantitative estimate of drug-likeness (QED) is 0.385. The maximum absolute atomic E-state index is 13.4. The van der Waals surface area contributed by atoms with Crippen molar-refractivity contribution in [2.45, 2.75) is 38.6 Å². The maximum atomic E-state index is 13.4. The summed E-state index contributed by atoms with van der Waals surface area (Å²) >= 11 is 0. The lowest BCUT2D eigenvalue weighted by molar-refractivity contribution is 0.139. The van der Waals surface area contributed by atoms with Crippen LogP contribution in [0.3, 0.4) is 0 Å². The lowest BCUT2D eigenvalue weighted by Crippen LogP contribution is -2.57. The molecule has 4 aromatic rings. The average Bonchev–Trinajstić information content (AvgIpc) is 3.43. The van der Waals surface area contributed by atoms with Crippen LogP contribution in [0.5, 0.6) is 0 Å². The van der Waals surface area contributed by atoms with E-state index < -0.39 is 0 Å². The van der Waals surface area contributed by atoms with Gasteiger partial charge in [-0.3, -0.25) is 0 Å². The second-order valence-corrected chi connectivity index (χ2v) is 9.89. The first-order chi connectivity index (χ1) is 16.2. The Hall–Kier alpha value is -3.48. The maximum Gasteiger partial charge on any atom is 0.203 e. The predicted octanol–water partition coefficient (Wildman–Crippen LogP) is 5.07. The summed E-state index contributed by atoms with van der Waals surface area (Å²) in [6.07, 6.45) is 9.03. The zero-order valence-electron chi connectivity index (χ0n) is 18.4. The van der Waals surface area contributed by atoms with E-state index in [2.05, 4.69) is 55.5 Å². The third kappa shape index (κ3) is 3.02. The smallest absolute Gasteiger partial charge is 0.203 e. The first-order valence-corrected chi connectivity index (χ1v) is 11.8. The molecule has 1 saturated carbocycles. The fourth-order valence-corrected chi connectivity index (χ4v) is 5.99. The molecule has 0 atom stereocenters. The van der Waals surface area contributed by atoms with Gasteiger partial charge in [0.15, 0.2) is 0 Å². The van der Waals surface area contributed by atoms with Gasteiger partial charge in [0.1, 0.15) is 5.82 Å². The summed E-state index contributed by atoms with van der Waals surface area (Å²) < 4.78 is 17.5. The predicted molar refractivity (Wildman–Crippen MR) is 125 cm³/mol. The molecule has 2 aromatic heterocycles. The number of benzene rings is 2. The molecule has 7 heteroatoms. The molecule has 6 nitrogen and oxygen atoms in total. The van der Waals surface area contributed by atoms with Crippen LogP contribution in [0.4, 0.5) is 10.1 Å². The van der Waals surface area contributed by atoms with Gasteiger partial charge in [0, 0.05) is 42.5 Å². The highest BCUT2D eigenvalue weighted by Crippen LogP contribution is 2.46. The van der Waals surface area contributed by atoms with Gasteiger partial charge in [-0.15, -0.1) is 5.10 Å². The Kier molecular flexibility index (Phi) is 4.04. The topological polar surface area (TPSA) is 51.8 Å². The number of halogens is 1. The Morgan fingerprint density at radius 2 is 1.70 bits per heavy atom. The monoisotopic (exact) mass is 440 g/mol. The van der Waals surface area contributed by atoms with Crippen LogP contribution in [0.15, 0.2) is 54.7 Å². The minimum atomic E-state index is -0.231. The van der Waals surface area contributed by atoms with Crippen LogP contribution >= 0.6 is 0 Å². The molecule has 0 amide bonds. The molecule has 1 spiro atoms. The van der Waals surface area contributed by atoms with Crippen molar-refractivity contribution in [2.24, 2.45) is 5.41 Å². The number of tetrazole rings is 1. The molecular weight excluding hydrogens is 415 g/mol. The summed E-state index contributed by atoms with van der Waals surface area (Å²) in [6.45, 7) is 3.07. The van der Waals surface area contributed by atoms with E-state index in [9.17, 15) is 4.39 Å². The lowest BCUT2D eigenvalue weighted by atomic mass is 9.68. The molecule has 0 radical (unpaired) electrons. The van der Waals surface area contributed by atoms with Crippen molar-refractivity contribution >= 4 is 5.69 Å². The number of hydrogen-bond acceptors (Lipinski definition) is 4. The summed E-state index contributed by atoms with van der Waals surface area (Å²) in [5.41, 5.74) is 7.02. The number of anilines is 1. The Balaban J connectivity index is 1.25. The van der Waals surface area contributed by atoms with Crippen molar-refractivity contribution in [1.82, 2.24) is 24.8 Å². The Morgan fingerprint density at radius 3 is 2.52 bits per heavy atom. The normalized spacial score (nSPS) is 18.3. The molecule has 2 aromatic carbocycles. The largest absolute Gasteiger partial charge is 0.370 e. The molecule has 4 heterocycles. The van der Waals surface area contributed by atoms with Gasteiger partial charge in [0.25, 0.3) is 0 Å². The third-order valence-electron chi connectivity index (χ3n) is 7.74. The first kappa shape index (κ1) is 19.0. The van der Waals surface area contributed by atoms with E-state index in [0.29, 0.717) is 5.41 Å². The van der Waals surface area contributed by atoms with E-state index in [1.165, 1.54) is 68.6 Å². The molecule has 33 heavy (non-hydrogen) atoms. The van der Waals surface area contributed by atoms with Crippen LogP contribution in [-0.2, 0) is 6.54 Å². The van der Waals surface area contributed by atoms with Crippen molar-refractivity contribution in [3.05, 3.63) is 66.1 Å². The number of hydrogen-bond donors (Lipinski definition) is 0. The molecular formula is C26H25FN6. The van der Waals surface area contributed by atoms with E-state index in [4.69, 9.17) is 0 Å². The van der Waals surface area contributed by atoms with E-state index in [-0.39, 0.29) is 5.82 Å². The molecule has 2 fully saturated rings. The summed E-state index contributed by atoms with van der Waals surface area (Å²) in [4.78, 5) is 2.53. The summed E-state index contributed by atoms with van der Waals surface area (Å²) in [6, 6.07) is 15.4. The molecule has 7 rings (SSSR count). The summed E-state index contributed by atoms with van der Waals surface area (Å²) in [7, 11) is 0. The molecule has 0 unspecified atom stereocenters. The lowest BCUT2D eigenvalue weighted by Gasteiger charge is -2.53. The van der Waals surface area contributed by atoms with Crippen molar-refractivity contribution in [1.29, 1.82) is 0 Å². The van der Waals surface area contributed by atoms with E-state index >= 15 is 0 Å². The highest BCUT2D eigenvalue weighted by atomic mass is 19.1. The van der Waals surface area contributed by atoms with Gasteiger partial charge in [-0.1, -0.05) is 31.4 Å². The SMILES string of the molecule is Fc1ccc(-c2cc3n(c2)Cc2cc(N4CC5(CCCCC5)C4)ccc2-n2nnnc2-3)cc1. The third-order valence-corrected chi connectivity index (χ3v) is 7.74. The van der Waals surface area contributed by atoms with Crippen LogP contribution in [0.2, 0.25) is 0 Å². The van der Waals surface area contributed by atoms with Gasteiger partial charge in [0.2, 0.25) is 5.82 Å². The molecule has 0 N–H and O–H groups in total. The molecule has 2 aliphatic heterocycles. The van der Waals surface area contributed by atoms with Crippen molar-refractivity contribution < 1.29 is 4.39 Å². The van der Waals surface area contributed by atoms with Crippen LogP contribution in [0.1, 0.15) is 37.7 Å². The van der Waals surface area contributed by atoms with Crippen LogP contribution < -0.4 is 4.90 Å². The van der Waals surface area contributed by atoms with Gasteiger partial charge >= 0.3 is 0 Å². The van der Waals surface area contributed by atoms with Gasteiger partial charge in [-0.25, -0.2) is 4.39 Å². The fraction of sp³-hybridized carbons (Fsp3) is 0.346.